The highest BCUT2D eigenvalue weighted by molar-refractivity contribution is 9.10. The molecular weight excluding hydrogens is 306 g/mol. The number of halogens is 1. The van der Waals surface area contributed by atoms with E-state index >= 15 is 0 Å². The molecule has 3 N–H and O–H groups in total. The fourth-order valence-corrected chi connectivity index (χ4v) is 2.37. The van der Waals surface area contributed by atoms with Crippen molar-refractivity contribution < 1.29 is 23.3 Å². The summed E-state index contributed by atoms with van der Waals surface area (Å²) in [5, 5.41) is 24.5. The summed E-state index contributed by atoms with van der Waals surface area (Å²) in [6.07, 6.45) is 1.85. The van der Waals surface area contributed by atoms with Gasteiger partial charge in [-0.3, -0.25) is 15.3 Å². The van der Waals surface area contributed by atoms with Gasteiger partial charge in [-0.05, 0) is 15.9 Å². The highest BCUT2D eigenvalue weighted by Crippen LogP contribution is 2.27. The van der Waals surface area contributed by atoms with Gasteiger partial charge in [0.1, 0.15) is 4.47 Å². The Labute approximate surface area is 98.6 Å². The maximum atomic E-state index is 10.8. The monoisotopic (exact) mass is 312 g/mol. The molecule has 0 spiro atoms. The Kier molecular flexibility index (Phi) is 3.45. The molecule has 0 fully saturated rings. The standard InChI is InChI=1S/C6H7BrN3O5S/c7-6-4(3-16(8,14)15)1-9(11)2-5(6)10(12)13/h1-2,11H,3H2,(H2,8,14,15)/q+1. The number of nitrogens with zero attached hydrogens (tertiary/aromatic N) is 2. The molecule has 0 saturated heterocycles. The first kappa shape index (κ1) is 12.8. The van der Waals surface area contributed by atoms with E-state index in [1.165, 1.54) is 0 Å². The van der Waals surface area contributed by atoms with Gasteiger partial charge in [-0.15, -0.1) is 0 Å². The minimum atomic E-state index is -3.84. The molecule has 0 aliphatic carbocycles. The van der Waals surface area contributed by atoms with Crippen LogP contribution in [0.3, 0.4) is 0 Å². The molecule has 0 aromatic carbocycles. The third-order valence-electron chi connectivity index (χ3n) is 1.60. The molecule has 0 unspecified atom stereocenters. The summed E-state index contributed by atoms with van der Waals surface area (Å²) in [5.74, 6) is -0.615. The van der Waals surface area contributed by atoms with Crippen LogP contribution in [0.2, 0.25) is 0 Å². The van der Waals surface area contributed by atoms with Crippen molar-refractivity contribution in [3.8, 4) is 0 Å². The zero-order valence-electron chi connectivity index (χ0n) is 7.70. The summed E-state index contributed by atoms with van der Waals surface area (Å²) in [7, 11) is -3.84. The van der Waals surface area contributed by atoms with Crippen molar-refractivity contribution in [1.82, 2.24) is 0 Å². The number of rotatable bonds is 3. The Balaban J connectivity index is 3.35. The van der Waals surface area contributed by atoms with E-state index in [-0.39, 0.29) is 10.0 Å². The second-order valence-electron chi connectivity index (χ2n) is 2.93. The van der Waals surface area contributed by atoms with Gasteiger partial charge in [0.05, 0.1) is 16.2 Å². The van der Waals surface area contributed by atoms with Gasteiger partial charge in [-0.2, -0.15) is 0 Å². The number of primary sulfonamides is 1. The largest absolute Gasteiger partial charge is 0.351 e. The highest BCUT2D eigenvalue weighted by Gasteiger charge is 2.25. The Bertz CT molecular complexity index is 543. The van der Waals surface area contributed by atoms with Crippen molar-refractivity contribution in [2.75, 3.05) is 0 Å². The molecule has 1 aromatic heterocycles. The number of nitrogens with two attached hydrogens (primary N) is 1. The first-order valence-corrected chi connectivity index (χ1v) is 6.29. The van der Waals surface area contributed by atoms with E-state index in [9.17, 15) is 18.5 Å². The number of hydrogen-bond donors (Lipinski definition) is 2. The average molecular weight is 313 g/mol. The average Bonchev–Trinajstić information content (AvgIpc) is 2.07. The van der Waals surface area contributed by atoms with Gasteiger partial charge in [-0.25, -0.2) is 13.6 Å². The van der Waals surface area contributed by atoms with Crippen LogP contribution in [-0.2, 0) is 15.8 Å². The number of sulfonamides is 1. The third-order valence-corrected chi connectivity index (χ3v) is 3.23. The van der Waals surface area contributed by atoms with Crippen LogP contribution in [0.25, 0.3) is 0 Å². The zero-order valence-corrected chi connectivity index (χ0v) is 10.1. The molecule has 0 saturated carbocycles. The number of hydrogen-bond acceptors (Lipinski definition) is 5. The van der Waals surface area contributed by atoms with Crippen molar-refractivity contribution in [2.24, 2.45) is 5.14 Å². The van der Waals surface area contributed by atoms with Gasteiger partial charge in [-0.1, -0.05) is 0 Å². The molecule has 0 aliphatic rings. The Morgan fingerprint density at radius 2 is 2.12 bits per heavy atom. The summed E-state index contributed by atoms with van der Waals surface area (Å²) < 4.78 is 22.1. The van der Waals surface area contributed by atoms with Crippen molar-refractivity contribution >= 4 is 31.6 Å². The van der Waals surface area contributed by atoms with Crippen LogP contribution in [0.1, 0.15) is 5.56 Å². The van der Waals surface area contributed by atoms with Gasteiger partial charge >= 0.3 is 5.69 Å². The fraction of sp³-hybridized carbons (Fsp3) is 0.167. The molecule has 0 atom stereocenters. The van der Waals surface area contributed by atoms with Gasteiger partial charge in [0.25, 0.3) is 6.20 Å². The van der Waals surface area contributed by atoms with Gasteiger partial charge in [0.15, 0.2) is 0 Å². The Morgan fingerprint density at radius 1 is 1.56 bits per heavy atom. The SMILES string of the molecule is NS(=O)(=O)Cc1c[n+](O)cc([N+](=O)[O-])c1Br. The van der Waals surface area contributed by atoms with Crippen LogP contribution in [0.15, 0.2) is 16.9 Å². The summed E-state index contributed by atoms with van der Waals surface area (Å²) in [6, 6.07) is 0. The molecule has 1 aromatic rings. The molecular formula is C6H7BrN3O5S+. The summed E-state index contributed by atoms with van der Waals surface area (Å²) in [4.78, 5) is 9.80. The molecule has 1 heterocycles. The van der Waals surface area contributed by atoms with Crippen LogP contribution < -0.4 is 9.87 Å². The zero-order chi connectivity index (χ0) is 12.5. The normalized spacial score (nSPS) is 11.4. The lowest BCUT2D eigenvalue weighted by Gasteiger charge is -2.00. The molecule has 0 amide bonds. The van der Waals surface area contributed by atoms with E-state index in [0.717, 1.165) is 12.4 Å². The molecule has 1 rings (SSSR count). The van der Waals surface area contributed by atoms with E-state index < -0.39 is 26.4 Å². The summed E-state index contributed by atoms with van der Waals surface area (Å²) in [6.45, 7) is 0. The van der Waals surface area contributed by atoms with E-state index in [0.29, 0.717) is 4.73 Å². The van der Waals surface area contributed by atoms with E-state index in [1.807, 2.05) is 0 Å². The first-order valence-electron chi connectivity index (χ1n) is 3.78. The van der Waals surface area contributed by atoms with E-state index in [2.05, 4.69) is 15.9 Å². The molecule has 10 heteroatoms. The van der Waals surface area contributed by atoms with Gasteiger partial charge in [0.2, 0.25) is 16.2 Å². The minimum Gasteiger partial charge on any atom is -0.285 e. The van der Waals surface area contributed by atoms with Crippen molar-refractivity contribution in [1.29, 1.82) is 0 Å². The van der Waals surface area contributed by atoms with Gasteiger partial charge in [0, 0.05) is 4.73 Å². The molecule has 88 valence electrons. The predicted octanol–water partition coefficient (Wildman–Crippen LogP) is -0.329. The second kappa shape index (κ2) is 4.31. The van der Waals surface area contributed by atoms with Crippen LogP contribution in [0.5, 0.6) is 0 Å². The van der Waals surface area contributed by atoms with Crippen LogP contribution in [0.4, 0.5) is 5.69 Å². The topological polar surface area (TPSA) is 127 Å². The molecule has 0 radical (unpaired) electrons. The lowest BCUT2D eigenvalue weighted by atomic mass is 10.3. The van der Waals surface area contributed by atoms with E-state index in [4.69, 9.17) is 10.3 Å². The molecule has 0 aliphatic heterocycles. The van der Waals surface area contributed by atoms with Crippen molar-refractivity contribution in [3.05, 3.63) is 32.5 Å². The van der Waals surface area contributed by atoms with Gasteiger partial charge < -0.3 is 0 Å². The minimum absolute atomic E-state index is 0.000741. The maximum Gasteiger partial charge on any atom is 0.351 e. The van der Waals surface area contributed by atoms with Crippen LogP contribution in [-0.4, -0.2) is 18.5 Å². The lowest BCUT2D eigenvalue weighted by molar-refractivity contribution is -0.905. The van der Waals surface area contributed by atoms with Crippen LogP contribution >= 0.6 is 15.9 Å². The first-order chi connectivity index (χ1) is 7.20. The number of aromatic nitrogens is 1. The summed E-state index contributed by atoms with van der Waals surface area (Å²) >= 11 is 2.88. The Morgan fingerprint density at radius 3 is 2.56 bits per heavy atom. The number of pyridine rings is 1. The van der Waals surface area contributed by atoms with Crippen molar-refractivity contribution in [2.45, 2.75) is 5.75 Å². The maximum absolute atomic E-state index is 10.8. The van der Waals surface area contributed by atoms with E-state index in [1.54, 1.807) is 0 Å². The molecule has 0 bridgehead atoms. The summed E-state index contributed by atoms with van der Waals surface area (Å²) in [5.41, 5.74) is -0.456. The van der Waals surface area contributed by atoms with Crippen LogP contribution in [0, 0.1) is 10.1 Å². The number of nitro groups is 1. The molecule has 16 heavy (non-hydrogen) atoms. The molecule has 8 nitrogen and oxygen atoms in total. The van der Waals surface area contributed by atoms with Crippen molar-refractivity contribution in [3.63, 3.8) is 0 Å². The lowest BCUT2D eigenvalue weighted by Crippen LogP contribution is -2.31. The second-order valence-corrected chi connectivity index (χ2v) is 5.33. The Hall–Kier alpha value is -1.26. The predicted molar refractivity (Wildman–Crippen MR) is 55.0 cm³/mol. The quantitative estimate of drug-likeness (QED) is 0.342. The highest BCUT2D eigenvalue weighted by atomic mass is 79.9. The fourth-order valence-electron chi connectivity index (χ4n) is 1.04. The smallest absolute Gasteiger partial charge is 0.285 e. The third kappa shape index (κ3) is 3.12.